The SMILES string of the molecule is CCCNCC(Oc1ccccc1C(C)C)C(C)C. The maximum absolute atomic E-state index is 6.25. The minimum atomic E-state index is 0.228. The Bertz CT molecular complexity index is 360. The topological polar surface area (TPSA) is 21.3 Å². The highest BCUT2D eigenvalue weighted by molar-refractivity contribution is 5.35. The first-order chi connectivity index (χ1) is 9.06. The third kappa shape index (κ3) is 5.23. The summed E-state index contributed by atoms with van der Waals surface area (Å²) >= 11 is 0. The van der Waals surface area contributed by atoms with Gasteiger partial charge in [0.1, 0.15) is 11.9 Å². The number of rotatable bonds is 8. The second-order valence-electron chi connectivity index (χ2n) is 5.80. The second kappa shape index (κ2) is 8.21. The molecule has 0 bridgehead atoms. The average molecular weight is 263 g/mol. The summed E-state index contributed by atoms with van der Waals surface area (Å²) in [5, 5.41) is 3.46. The van der Waals surface area contributed by atoms with E-state index in [4.69, 9.17) is 4.74 Å². The molecule has 1 aromatic rings. The highest BCUT2D eigenvalue weighted by atomic mass is 16.5. The van der Waals surface area contributed by atoms with Crippen molar-refractivity contribution in [2.24, 2.45) is 5.92 Å². The van der Waals surface area contributed by atoms with Crippen LogP contribution in [0.25, 0.3) is 0 Å². The van der Waals surface area contributed by atoms with E-state index in [0.29, 0.717) is 11.8 Å². The lowest BCUT2D eigenvalue weighted by Gasteiger charge is -2.25. The van der Waals surface area contributed by atoms with Crippen molar-refractivity contribution in [3.8, 4) is 5.75 Å². The first kappa shape index (κ1) is 16.0. The summed E-state index contributed by atoms with van der Waals surface area (Å²) in [6.07, 6.45) is 1.39. The van der Waals surface area contributed by atoms with Crippen LogP contribution in [0.1, 0.15) is 52.5 Å². The Labute approximate surface area is 118 Å². The molecule has 0 radical (unpaired) electrons. The Hall–Kier alpha value is -1.02. The molecule has 2 heteroatoms. The van der Waals surface area contributed by atoms with E-state index in [9.17, 15) is 0 Å². The zero-order valence-electron chi connectivity index (χ0n) is 13.1. The van der Waals surface area contributed by atoms with E-state index in [-0.39, 0.29) is 6.10 Å². The van der Waals surface area contributed by atoms with Gasteiger partial charge in [0.05, 0.1) is 0 Å². The molecule has 0 saturated heterocycles. The van der Waals surface area contributed by atoms with Crippen LogP contribution in [0, 0.1) is 5.92 Å². The molecule has 0 aromatic heterocycles. The highest BCUT2D eigenvalue weighted by Gasteiger charge is 2.17. The first-order valence-electron chi connectivity index (χ1n) is 7.52. The maximum Gasteiger partial charge on any atom is 0.123 e. The molecular weight excluding hydrogens is 234 g/mol. The van der Waals surface area contributed by atoms with Crippen molar-refractivity contribution in [2.75, 3.05) is 13.1 Å². The highest BCUT2D eigenvalue weighted by Crippen LogP contribution is 2.27. The van der Waals surface area contributed by atoms with E-state index in [1.165, 1.54) is 5.56 Å². The molecule has 0 aliphatic heterocycles. The lowest BCUT2D eigenvalue weighted by atomic mass is 10.0. The van der Waals surface area contributed by atoms with Crippen molar-refractivity contribution in [3.05, 3.63) is 29.8 Å². The predicted molar refractivity (Wildman–Crippen MR) is 82.9 cm³/mol. The fraction of sp³-hybridized carbons (Fsp3) is 0.647. The fourth-order valence-corrected chi connectivity index (χ4v) is 2.06. The average Bonchev–Trinajstić information content (AvgIpc) is 2.38. The molecule has 1 aromatic carbocycles. The van der Waals surface area contributed by atoms with Gasteiger partial charge in [0.15, 0.2) is 0 Å². The Morgan fingerprint density at radius 1 is 1.11 bits per heavy atom. The molecule has 0 saturated carbocycles. The quantitative estimate of drug-likeness (QED) is 0.709. The first-order valence-corrected chi connectivity index (χ1v) is 7.52. The minimum Gasteiger partial charge on any atom is -0.489 e. The number of benzene rings is 1. The van der Waals surface area contributed by atoms with Crippen molar-refractivity contribution in [1.29, 1.82) is 0 Å². The van der Waals surface area contributed by atoms with Crippen LogP contribution in [0.2, 0.25) is 0 Å². The third-order valence-electron chi connectivity index (χ3n) is 3.34. The lowest BCUT2D eigenvalue weighted by molar-refractivity contribution is 0.147. The van der Waals surface area contributed by atoms with Crippen molar-refractivity contribution in [3.63, 3.8) is 0 Å². The van der Waals surface area contributed by atoms with E-state index in [1.54, 1.807) is 0 Å². The standard InChI is InChI=1S/C17H29NO/c1-6-11-18-12-17(14(4)5)19-16-10-8-7-9-15(16)13(2)3/h7-10,13-14,17-18H,6,11-12H2,1-5H3. The van der Waals surface area contributed by atoms with Crippen LogP contribution >= 0.6 is 0 Å². The van der Waals surface area contributed by atoms with E-state index in [1.807, 2.05) is 0 Å². The van der Waals surface area contributed by atoms with Crippen LogP contribution in [0.5, 0.6) is 5.75 Å². The summed E-state index contributed by atoms with van der Waals surface area (Å²) in [7, 11) is 0. The Morgan fingerprint density at radius 3 is 2.37 bits per heavy atom. The lowest BCUT2D eigenvalue weighted by Crippen LogP contribution is -2.36. The molecular formula is C17H29NO. The van der Waals surface area contributed by atoms with Crippen LogP contribution in [0.4, 0.5) is 0 Å². The molecule has 0 heterocycles. The zero-order chi connectivity index (χ0) is 14.3. The smallest absolute Gasteiger partial charge is 0.123 e. The Morgan fingerprint density at radius 2 is 1.79 bits per heavy atom. The fourth-order valence-electron chi connectivity index (χ4n) is 2.06. The zero-order valence-corrected chi connectivity index (χ0v) is 13.1. The second-order valence-corrected chi connectivity index (χ2v) is 5.80. The Kier molecular flexibility index (Phi) is 6.93. The number of para-hydroxylation sites is 1. The van der Waals surface area contributed by atoms with Gasteiger partial charge in [-0.1, -0.05) is 52.8 Å². The normalized spacial score (nSPS) is 13.0. The van der Waals surface area contributed by atoms with Crippen LogP contribution in [-0.4, -0.2) is 19.2 Å². The number of nitrogens with one attached hydrogen (secondary N) is 1. The van der Waals surface area contributed by atoms with Crippen molar-refractivity contribution in [2.45, 2.75) is 53.1 Å². The number of hydrogen-bond acceptors (Lipinski definition) is 2. The minimum absolute atomic E-state index is 0.228. The molecule has 0 spiro atoms. The summed E-state index contributed by atoms with van der Waals surface area (Å²) < 4.78 is 6.25. The van der Waals surface area contributed by atoms with Crippen LogP contribution in [0.3, 0.4) is 0 Å². The molecule has 1 rings (SSSR count). The summed E-state index contributed by atoms with van der Waals surface area (Å²) in [4.78, 5) is 0. The summed E-state index contributed by atoms with van der Waals surface area (Å²) in [5.41, 5.74) is 1.30. The molecule has 108 valence electrons. The summed E-state index contributed by atoms with van der Waals surface area (Å²) in [6.45, 7) is 13.0. The van der Waals surface area contributed by atoms with Gasteiger partial charge in [-0.05, 0) is 36.4 Å². The Balaban J connectivity index is 2.73. The molecule has 2 nitrogen and oxygen atoms in total. The molecule has 1 unspecified atom stereocenters. The van der Waals surface area contributed by atoms with Crippen molar-refractivity contribution >= 4 is 0 Å². The molecule has 0 aliphatic carbocycles. The summed E-state index contributed by atoms with van der Waals surface area (Å²) in [5.74, 6) is 2.03. The van der Waals surface area contributed by atoms with Gasteiger partial charge in [-0.2, -0.15) is 0 Å². The van der Waals surface area contributed by atoms with Gasteiger partial charge in [-0.25, -0.2) is 0 Å². The van der Waals surface area contributed by atoms with Gasteiger partial charge < -0.3 is 10.1 Å². The monoisotopic (exact) mass is 263 g/mol. The molecule has 0 fully saturated rings. The van der Waals surface area contributed by atoms with Gasteiger partial charge in [-0.15, -0.1) is 0 Å². The molecule has 0 aliphatic rings. The van der Waals surface area contributed by atoms with Gasteiger partial charge in [0.25, 0.3) is 0 Å². The maximum atomic E-state index is 6.25. The van der Waals surface area contributed by atoms with E-state index < -0.39 is 0 Å². The van der Waals surface area contributed by atoms with Crippen molar-refractivity contribution in [1.82, 2.24) is 5.32 Å². The van der Waals surface area contributed by atoms with Gasteiger partial charge in [0, 0.05) is 6.54 Å². The molecule has 1 atom stereocenters. The van der Waals surface area contributed by atoms with Crippen LogP contribution in [0.15, 0.2) is 24.3 Å². The third-order valence-corrected chi connectivity index (χ3v) is 3.34. The van der Waals surface area contributed by atoms with E-state index in [2.05, 4.69) is 64.2 Å². The number of ether oxygens (including phenoxy) is 1. The number of hydrogen-bond donors (Lipinski definition) is 1. The van der Waals surface area contributed by atoms with E-state index >= 15 is 0 Å². The molecule has 19 heavy (non-hydrogen) atoms. The summed E-state index contributed by atoms with van der Waals surface area (Å²) in [6, 6.07) is 8.39. The van der Waals surface area contributed by atoms with Crippen LogP contribution < -0.4 is 10.1 Å². The van der Waals surface area contributed by atoms with Gasteiger partial charge >= 0.3 is 0 Å². The van der Waals surface area contributed by atoms with Crippen LogP contribution in [-0.2, 0) is 0 Å². The molecule has 0 amide bonds. The van der Waals surface area contributed by atoms with Gasteiger partial charge in [-0.3, -0.25) is 0 Å². The largest absolute Gasteiger partial charge is 0.489 e. The van der Waals surface area contributed by atoms with E-state index in [0.717, 1.165) is 25.3 Å². The predicted octanol–water partition coefficient (Wildman–Crippen LogP) is 4.21. The van der Waals surface area contributed by atoms with Gasteiger partial charge in [0.2, 0.25) is 0 Å². The molecule has 1 N–H and O–H groups in total. The van der Waals surface area contributed by atoms with Crippen molar-refractivity contribution < 1.29 is 4.74 Å².